The maximum absolute atomic E-state index is 11.1. The van der Waals surface area contributed by atoms with Gasteiger partial charge in [0.2, 0.25) is 0 Å². The second-order valence-electron chi connectivity index (χ2n) is 3.81. The molecule has 0 radical (unpaired) electrons. The van der Waals surface area contributed by atoms with Gasteiger partial charge in [0.05, 0.1) is 12.8 Å². The highest BCUT2D eigenvalue weighted by Crippen LogP contribution is 2.29. The van der Waals surface area contributed by atoms with Gasteiger partial charge in [-0.15, -0.1) is 0 Å². The number of carbonyl (C=O) groups excluding carboxylic acids is 2. The van der Waals surface area contributed by atoms with Crippen molar-refractivity contribution in [2.75, 3.05) is 0 Å². The van der Waals surface area contributed by atoms with E-state index in [0.717, 1.165) is 11.1 Å². The molecule has 78 valence electrons. The van der Waals surface area contributed by atoms with Gasteiger partial charge in [-0.3, -0.25) is 9.59 Å². The molecular weight excluding hydrogens is 192 g/mol. The molecule has 3 heteroatoms. The highest BCUT2D eigenvalue weighted by Gasteiger charge is 2.28. The first-order valence-electron chi connectivity index (χ1n) is 4.96. The topological polar surface area (TPSA) is 43.4 Å². The van der Waals surface area contributed by atoms with E-state index in [4.69, 9.17) is 0 Å². The van der Waals surface area contributed by atoms with Gasteiger partial charge in [0.1, 0.15) is 0 Å². The van der Waals surface area contributed by atoms with E-state index in [9.17, 15) is 9.59 Å². The maximum atomic E-state index is 11.1. The summed E-state index contributed by atoms with van der Waals surface area (Å²) in [5, 5.41) is 0. The van der Waals surface area contributed by atoms with Crippen LogP contribution in [0.5, 0.6) is 0 Å². The third-order valence-corrected chi connectivity index (χ3v) is 2.68. The molecule has 1 fully saturated rings. The first-order chi connectivity index (χ1) is 7.16. The Morgan fingerprint density at radius 2 is 1.73 bits per heavy atom. The number of hydrogen-bond donors (Lipinski definition) is 0. The average Bonchev–Trinajstić information content (AvgIpc) is 2.16. The molecule has 1 heterocycles. The number of hydrogen-bond acceptors (Lipinski definition) is 3. The van der Waals surface area contributed by atoms with E-state index < -0.39 is 11.9 Å². The highest BCUT2D eigenvalue weighted by molar-refractivity contribution is 5.89. The van der Waals surface area contributed by atoms with Crippen molar-refractivity contribution in [3.05, 3.63) is 35.4 Å². The molecular formula is C12H12O3. The fourth-order valence-electron chi connectivity index (χ4n) is 1.95. The van der Waals surface area contributed by atoms with Crippen molar-refractivity contribution in [3.63, 3.8) is 0 Å². The smallest absolute Gasteiger partial charge is 0.314 e. The third-order valence-electron chi connectivity index (χ3n) is 2.68. The van der Waals surface area contributed by atoms with Crippen LogP contribution in [0.25, 0.3) is 0 Å². The summed E-state index contributed by atoms with van der Waals surface area (Å²) in [5.41, 5.74) is 2.19. The Bertz CT molecular complexity index is 393. The monoisotopic (exact) mass is 204 g/mol. The Morgan fingerprint density at radius 3 is 2.33 bits per heavy atom. The van der Waals surface area contributed by atoms with Gasteiger partial charge in [-0.1, -0.05) is 24.3 Å². The van der Waals surface area contributed by atoms with Gasteiger partial charge in [-0.2, -0.15) is 0 Å². The predicted molar refractivity (Wildman–Crippen MR) is 54.3 cm³/mol. The van der Waals surface area contributed by atoms with E-state index in [1.807, 2.05) is 31.2 Å². The van der Waals surface area contributed by atoms with Gasteiger partial charge in [0.25, 0.3) is 0 Å². The van der Waals surface area contributed by atoms with Crippen LogP contribution >= 0.6 is 0 Å². The molecule has 1 saturated heterocycles. The van der Waals surface area contributed by atoms with E-state index in [1.54, 1.807) is 0 Å². The summed E-state index contributed by atoms with van der Waals surface area (Å²) in [6, 6.07) is 7.82. The van der Waals surface area contributed by atoms with Crippen LogP contribution in [0.1, 0.15) is 29.9 Å². The number of benzene rings is 1. The number of carbonyl (C=O) groups is 2. The standard InChI is InChI=1S/C12H12O3/c1-8-4-2-3-5-10(8)9-6-11(13)15-12(14)7-9/h2-5,9H,6-7H2,1H3. The fraction of sp³-hybridized carbons (Fsp3) is 0.333. The molecule has 3 nitrogen and oxygen atoms in total. The largest absolute Gasteiger partial charge is 0.393 e. The molecule has 1 aromatic rings. The van der Waals surface area contributed by atoms with Crippen LogP contribution in [-0.2, 0) is 14.3 Å². The zero-order chi connectivity index (χ0) is 10.8. The lowest BCUT2D eigenvalue weighted by atomic mass is 9.88. The van der Waals surface area contributed by atoms with E-state index >= 15 is 0 Å². The van der Waals surface area contributed by atoms with Gasteiger partial charge < -0.3 is 4.74 Å². The zero-order valence-electron chi connectivity index (χ0n) is 8.53. The van der Waals surface area contributed by atoms with E-state index in [0.29, 0.717) is 12.8 Å². The molecule has 0 aromatic heterocycles. The van der Waals surface area contributed by atoms with Crippen LogP contribution in [0.2, 0.25) is 0 Å². The minimum Gasteiger partial charge on any atom is -0.393 e. The summed E-state index contributed by atoms with van der Waals surface area (Å²) in [6.07, 6.45) is 0.604. The molecule has 0 unspecified atom stereocenters. The summed E-state index contributed by atoms with van der Waals surface area (Å²) in [5.74, 6) is -0.848. The Hall–Kier alpha value is -1.64. The van der Waals surface area contributed by atoms with Crippen LogP contribution in [0, 0.1) is 6.92 Å². The van der Waals surface area contributed by atoms with Gasteiger partial charge in [0, 0.05) is 5.92 Å². The normalized spacial score (nSPS) is 17.7. The summed E-state index contributed by atoms with van der Waals surface area (Å²) in [4.78, 5) is 22.3. The van der Waals surface area contributed by atoms with Gasteiger partial charge in [-0.05, 0) is 18.1 Å². The van der Waals surface area contributed by atoms with Crippen molar-refractivity contribution < 1.29 is 14.3 Å². The molecule has 0 N–H and O–H groups in total. The number of rotatable bonds is 1. The zero-order valence-corrected chi connectivity index (χ0v) is 8.53. The van der Waals surface area contributed by atoms with Gasteiger partial charge in [0.15, 0.2) is 0 Å². The molecule has 1 aliphatic rings. The van der Waals surface area contributed by atoms with E-state index in [-0.39, 0.29) is 5.92 Å². The van der Waals surface area contributed by atoms with Gasteiger partial charge in [-0.25, -0.2) is 0 Å². The number of aryl methyl sites for hydroxylation is 1. The van der Waals surface area contributed by atoms with Crippen molar-refractivity contribution >= 4 is 11.9 Å². The molecule has 15 heavy (non-hydrogen) atoms. The summed E-state index contributed by atoms with van der Waals surface area (Å²) < 4.78 is 4.50. The van der Waals surface area contributed by atoms with Crippen LogP contribution in [0.15, 0.2) is 24.3 Å². The predicted octanol–water partition coefficient (Wildman–Crippen LogP) is 1.94. The van der Waals surface area contributed by atoms with Crippen molar-refractivity contribution in [2.24, 2.45) is 0 Å². The minimum absolute atomic E-state index is 0.0139. The van der Waals surface area contributed by atoms with Crippen LogP contribution in [0.3, 0.4) is 0 Å². The molecule has 0 atom stereocenters. The molecule has 0 bridgehead atoms. The summed E-state index contributed by atoms with van der Waals surface area (Å²) >= 11 is 0. The number of esters is 2. The lowest BCUT2D eigenvalue weighted by Crippen LogP contribution is -2.24. The summed E-state index contributed by atoms with van der Waals surface area (Å²) in [7, 11) is 0. The van der Waals surface area contributed by atoms with E-state index in [1.165, 1.54) is 0 Å². The Kier molecular flexibility index (Phi) is 2.54. The van der Waals surface area contributed by atoms with Crippen molar-refractivity contribution in [3.8, 4) is 0 Å². The SMILES string of the molecule is Cc1ccccc1C1CC(=O)OC(=O)C1. The maximum Gasteiger partial charge on any atom is 0.314 e. The van der Waals surface area contributed by atoms with Crippen LogP contribution in [0.4, 0.5) is 0 Å². The lowest BCUT2D eigenvalue weighted by molar-refractivity contribution is -0.163. The first kappa shape index (κ1) is 9.90. The second kappa shape index (κ2) is 3.85. The lowest BCUT2D eigenvalue weighted by Gasteiger charge is -2.21. The second-order valence-corrected chi connectivity index (χ2v) is 3.81. The molecule has 0 aliphatic carbocycles. The van der Waals surface area contributed by atoms with Crippen LogP contribution < -0.4 is 0 Å². The highest BCUT2D eigenvalue weighted by atomic mass is 16.6. The van der Waals surface area contributed by atoms with Crippen molar-refractivity contribution in [1.29, 1.82) is 0 Å². The summed E-state index contributed by atoms with van der Waals surface area (Å²) in [6.45, 7) is 1.99. The number of cyclic esters (lactones) is 2. The molecule has 1 aromatic carbocycles. The van der Waals surface area contributed by atoms with Crippen molar-refractivity contribution in [2.45, 2.75) is 25.7 Å². The van der Waals surface area contributed by atoms with E-state index in [2.05, 4.69) is 4.74 Å². The van der Waals surface area contributed by atoms with Crippen molar-refractivity contribution in [1.82, 2.24) is 0 Å². The Labute approximate surface area is 88.1 Å². The number of ether oxygens (including phenoxy) is 1. The Morgan fingerprint density at radius 1 is 1.13 bits per heavy atom. The van der Waals surface area contributed by atoms with Gasteiger partial charge >= 0.3 is 11.9 Å². The minimum atomic E-state index is -0.417. The molecule has 0 amide bonds. The molecule has 2 rings (SSSR count). The molecule has 1 aliphatic heterocycles. The fourth-order valence-corrected chi connectivity index (χ4v) is 1.95. The Balaban J connectivity index is 2.27. The quantitative estimate of drug-likeness (QED) is 0.518. The van der Waals surface area contributed by atoms with Crippen LogP contribution in [-0.4, -0.2) is 11.9 Å². The molecule has 0 spiro atoms. The first-order valence-corrected chi connectivity index (χ1v) is 4.96. The molecule has 0 saturated carbocycles. The third kappa shape index (κ3) is 2.06. The average molecular weight is 204 g/mol.